The predicted molar refractivity (Wildman–Crippen MR) is 123 cm³/mol. The molecule has 0 aromatic heterocycles. The van der Waals surface area contributed by atoms with E-state index in [1.54, 1.807) is 14.2 Å². The van der Waals surface area contributed by atoms with Gasteiger partial charge in [0.1, 0.15) is 5.88 Å². The number of rotatable bonds is 5. The number of amides is 1. The number of carbonyl (C=O) groups is 1. The van der Waals surface area contributed by atoms with Crippen LogP contribution >= 0.6 is 11.6 Å². The number of hydrazone groups is 1. The summed E-state index contributed by atoms with van der Waals surface area (Å²) in [6.07, 6.45) is 0.579. The number of halogens is 1. The summed E-state index contributed by atoms with van der Waals surface area (Å²) in [6, 6.07) is 13.4. The first kappa shape index (κ1) is 23.7. The summed E-state index contributed by atoms with van der Waals surface area (Å²) < 4.78 is 10.9. The molecule has 5 nitrogen and oxygen atoms in total. The molecular weight excluding hydrogens is 400 g/mol. The van der Waals surface area contributed by atoms with Crippen molar-refractivity contribution in [3.63, 3.8) is 0 Å². The Morgan fingerprint density at radius 3 is 2.30 bits per heavy atom. The van der Waals surface area contributed by atoms with Crippen molar-refractivity contribution in [1.29, 1.82) is 0 Å². The lowest BCUT2D eigenvalue weighted by atomic mass is 9.97. The maximum Gasteiger partial charge on any atom is 0.258 e. The van der Waals surface area contributed by atoms with Gasteiger partial charge in [-0.05, 0) is 24.5 Å². The van der Waals surface area contributed by atoms with Gasteiger partial charge >= 0.3 is 0 Å². The SMILES string of the molecule is CC(C)C.COc1cccc(C2CC(c3ccc(C)cc3)=NN2C(=O)CCl)c1OC. The Bertz CT molecular complexity index is 876. The number of nitrogens with zero attached hydrogens (tertiary/aromatic N) is 2. The highest BCUT2D eigenvalue weighted by Crippen LogP contribution is 2.41. The normalized spacial score (nSPS) is 15.4. The summed E-state index contributed by atoms with van der Waals surface area (Å²) in [6.45, 7) is 8.54. The topological polar surface area (TPSA) is 51.1 Å². The van der Waals surface area contributed by atoms with E-state index in [4.69, 9.17) is 21.1 Å². The smallest absolute Gasteiger partial charge is 0.258 e. The molecule has 0 radical (unpaired) electrons. The molecule has 0 aliphatic carbocycles. The lowest BCUT2D eigenvalue weighted by Gasteiger charge is -2.23. The number of methoxy groups -OCH3 is 2. The highest BCUT2D eigenvalue weighted by Gasteiger charge is 2.35. The zero-order valence-corrected chi connectivity index (χ0v) is 19.4. The number of hydrogen-bond acceptors (Lipinski definition) is 4. The molecule has 0 saturated heterocycles. The van der Waals surface area contributed by atoms with Crippen LogP contribution in [-0.2, 0) is 4.79 Å². The van der Waals surface area contributed by atoms with Crippen molar-refractivity contribution >= 4 is 23.2 Å². The molecule has 162 valence electrons. The first-order chi connectivity index (χ1) is 14.3. The van der Waals surface area contributed by atoms with Crippen molar-refractivity contribution in [2.75, 3.05) is 20.1 Å². The zero-order valence-electron chi connectivity index (χ0n) is 18.6. The summed E-state index contributed by atoms with van der Waals surface area (Å²) in [5.74, 6) is 1.68. The van der Waals surface area contributed by atoms with Crippen LogP contribution in [0.2, 0.25) is 0 Å². The fourth-order valence-electron chi connectivity index (χ4n) is 3.14. The largest absolute Gasteiger partial charge is 0.493 e. The van der Waals surface area contributed by atoms with E-state index in [-0.39, 0.29) is 17.8 Å². The molecule has 1 unspecified atom stereocenters. The van der Waals surface area contributed by atoms with E-state index in [1.165, 1.54) is 10.6 Å². The summed E-state index contributed by atoms with van der Waals surface area (Å²) in [4.78, 5) is 12.4. The average Bonchev–Trinajstić information content (AvgIpc) is 3.17. The Kier molecular flexibility index (Phi) is 8.72. The van der Waals surface area contributed by atoms with Gasteiger partial charge in [-0.1, -0.05) is 62.7 Å². The molecule has 0 bridgehead atoms. The van der Waals surface area contributed by atoms with Gasteiger partial charge < -0.3 is 9.47 Å². The molecule has 30 heavy (non-hydrogen) atoms. The molecule has 2 aromatic rings. The number of hydrogen-bond donors (Lipinski definition) is 0. The van der Waals surface area contributed by atoms with Crippen molar-refractivity contribution in [2.45, 2.75) is 40.2 Å². The van der Waals surface area contributed by atoms with Crippen LogP contribution in [0.25, 0.3) is 0 Å². The molecule has 1 amide bonds. The minimum Gasteiger partial charge on any atom is -0.493 e. The van der Waals surface area contributed by atoms with Crippen molar-refractivity contribution in [3.8, 4) is 11.5 Å². The second-order valence-corrected chi connectivity index (χ2v) is 8.09. The maximum absolute atomic E-state index is 12.4. The number of benzene rings is 2. The minimum absolute atomic E-state index is 0.131. The number of carbonyl (C=O) groups excluding carboxylic acids is 1. The summed E-state index contributed by atoms with van der Waals surface area (Å²) >= 11 is 5.82. The first-order valence-corrected chi connectivity index (χ1v) is 10.6. The number of para-hydroxylation sites is 1. The fraction of sp³-hybridized carbons (Fsp3) is 0.417. The highest BCUT2D eigenvalue weighted by molar-refractivity contribution is 6.27. The predicted octanol–water partition coefficient (Wildman–Crippen LogP) is 5.59. The molecule has 0 spiro atoms. The van der Waals surface area contributed by atoms with E-state index >= 15 is 0 Å². The number of ether oxygens (including phenoxy) is 2. The van der Waals surface area contributed by atoms with E-state index in [2.05, 4.69) is 25.9 Å². The quantitative estimate of drug-likeness (QED) is 0.581. The van der Waals surface area contributed by atoms with Crippen LogP contribution in [0.15, 0.2) is 47.6 Å². The second-order valence-electron chi connectivity index (χ2n) is 7.82. The monoisotopic (exact) mass is 430 g/mol. The van der Waals surface area contributed by atoms with Crippen molar-refractivity contribution in [1.82, 2.24) is 5.01 Å². The zero-order chi connectivity index (χ0) is 22.3. The fourth-order valence-corrected chi connectivity index (χ4v) is 3.26. The van der Waals surface area contributed by atoms with Gasteiger partial charge in [-0.15, -0.1) is 11.6 Å². The number of alkyl halides is 1. The van der Waals surface area contributed by atoms with Gasteiger partial charge in [-0.2, -0.15) is 5.10 Å². The molecule has 0 N–H and O–H groups in total. The standard InChI is InChI=1S/C20H21ClN2O3.C4H10/c1-13-7-9-14(10-8-13)16-11-17(23(22-16)19(24)12-21)15-5-4-6-18(25-2)20(15)26-3;1-4(2)3/h4-10,17H,11-12H2,1-3H3;4H,1-3H3. The van der Waals surface area contributed by atoms with Crippen LogP contribution in [0.3, 0.4) is 0 Å². The highest BCUT2D eigenvalue weighted by atomic mass is 35.5. The minimum atomic E-state index is -0.289. The molecule has 3 rings (SSSR count). The van der Waals surface area contributed by atoms with E-state index < -0.39 is 0 Å². The Balaban J connectivity index is 0.000000735. The molecule has 0 saturated carbocycles. The second kappa shape index (κ2) is 11.0. The van der Waals surface area contributed by atoms with Crippen molar-refractivity contribution in [3.05, 3.63) is 59.2 Å². The Morgan fingerprint density at radius 2 is 1.77 bits per heavy atom. The first-order valence-electron chi connectivity index (χ1n) is 10.1. The molecule has 2 aromatic carbocycles. The van der Waals surface area contributed by atoms with Crippen LogP contribution in [0.4, 0.5) is 0 Å². The molecule has 1 aliphatic heterocycles. The summed E-state index contributed by atoms with van der Waals surface area (Å²) in [7, 11) is 3.18. The van der Waals surface area contributed by atoms with Crippen molar-refractivity contribution in [2.24, 2.45) is 11.0 Å². The Hall–Kier alpha value is -2.53. The van der Waals surface area contributed by atoms with Crippen LogP contribution in [0.5, 0.6) is 11.5 Å². The van der Waals surface area contributed by atoms with Crippen molar-refractivity contribution < 1.29 is 14.3 Å². The molecule has 0 fully saturated rings. The third-order valence-electron chi connectivity index (χ3n) is 4.46. The van der Waals surface area contributed by atoms with Crippen LogP contribution < -0.4 is 9.47 Å². The van der Waals surface area contributed by atoms with Gasteiger partial charge in [0.15, 0.2) is 11.5 Å². The van der Waals surface area contributed by atoms with Crippen LogP contribution in [-0.4, -0.2) is 36.7 Å². The third-order valence-corrected chi connectivity index (χ3v) is 4.69. The van der Waals surface area contributed by atoms with E-state index in [1.807, 2.05) is 49.4 Å². The molecular formula is C24H31ClN2O3. The Morgan fingerprint density at radius 1 is 1.13 bits per heavy atom. The average molecular weight is 431 g/mol. The van der Waals surface area contributed by atoms with E-state index in [0.717, 1.165) is 22.8 Å². The van der Waals surface area contributed by atoms with Gasteiger partial charge in [0, 0.05) is 12.0 Å². The van der Waals surface area contributed by atoms with Gasteiger partial charge in [0.25, 0.3) is 5.91 Å². The summed E-state index contributed by atoms with van der Waals surface area (Å²) in [5, 5.41) is 6.02. The van der Waals surface area contributed by atoms with Crippen LogP contribution in [0.1, 0.15) is 49.9 Å². The van der Waals surface area contributed by atoms with Gasteiger partial charge in [-0.25, -0.2) is 5.01 Å². The Labute approximate surface area is 184 Å². The van der Waals surface area contributed by atoms with Gasteiger partial charge in [-0.3, -0.25) is 4.79 Å². The van der Waals surface area contributed by atoms with Gasteiger partial charge in [0.2, 0.25) is 0 Å². The lowest BCUT2D eigenvalue weighted by Crippen LogP contribution is -2.28. The van der Waals surface area contributed by atoms with E-state index in [9.17, 15) is 4.79 Å². The molecule has 1 atom stereocenters. The number of aryl methyl sites for hydroxylation is 1. The molecule has 1 aliphatic rings. The third kappa shape index (κ3) is 5.76. The summed E-state index contributed by atoms with van der Waals surface area (Å²) in [5.41, 5.74) is 3.86. The molecule has 1 heterocycles. The van der Waals surface area contributed by atoms with Crippen LogP contribution in [0, 0.1) is 12.8 Å². The lowest BCUT2D eigenvalue weighted by molar-refractivity contribution is -0.130. The van der Waals surface area contributed by atoms with Gasteiger partial charge in [0.05, 0.1) is 26.0 Å². The molecule has 6 heteroatoms. The van der Waals surface area contributed by atoms with E-state index in [0.29, 0.717) is 17.9 Å². The maximum atomic E-state index is 12.4.